The van der Waals surface area contributed by atoms with Crippen LogP contribution >= 0.6 is 11.3 Å². The minimum absolute atomic E-state index is 0.353. The van der Waals surface area contributed by atoms with Gasteiger partial charge in [0.1, 0.15) is 0 Å². The molecule has 1 saturated heterocycles. The molecular weight excluding hydrogens is 240 g/mol. The molecule has 1 fully saturated rings. The van der Waals surface area contributed by atoms with E-state index in [1.165, 1.54) is 18.4 Å². The fourth-order valence-corrected chi connectivity index (χ4v) is 2.73. The highest BCUT2D eigenvalue weighted by Crippen LogP contribution is 2.28. The van der Waals surface area contributed by atoms with E-state index in [2.05, 4.69) is 9.88 Å². The van der Waals surface area contributed by atoms with Crippen molar-refractivity contribution in [2.75, 3.05) is 32.3 Å². The van der Waals surface area contributed by atoms with Gasteiger partial charge in [-0.05, 0) is 13.3 Å². The highest BCUT2D eigenvalue weighted by Gasteiger charge is 2.24. The number of carbonyl (C=O) groups is 1. The Hall–Kier alpha value is -1.14. The highest BCUT2D eigenvalue weighted by atomic mass is 32.1. The number of nitrogens with zero attached hydrogens (tertiary/aromatic N) is 2. The van der Waals surface area contributed by atoms with E-state index in [1.54, 1.807) is 0 Å². The first-order chi connectivity index (χ1) is 8.13. The number of ether oxygens (including phenoxy) is 2. The van der Waals surface area contributed by atoms with Crippen LogP contribution in [0, 0.1) is 6.92 Å². The second-order valence-corrected chi connectivity index (χ2v) is 5.20. The number of esters is 1. The normalized spacial score (nSPS) is 19.4. The molecule has 17 heavy (non-hydrogen) atoms. The molecule has 0 bridgehead atoms. The number of hydrogen-bond acceptors (Lipinski definition) is 6. The van der Waals surface area contributed by atoms with Gasteiger partial charge in [0.25, 0.3) is 0 Å². The molecule has 2 rings (SSSR count). The summed E-state index contributed by atoms with van der Waals surface area (Å²) in [4.78, 5) is 18.8. The van der Waals surface area contributed by atoms with Crippen molar-refractivity contribution in [3.8, 4) is 0 Å². The number of methoxy groups -OCH3 is 1. The molecule has 1 atom stereocenters. The van der Waals surface area contributed by atoms with Gasteiger partial charge in [-0.15, -0.1) is 11.3 Å². The van der Waals surface area contributed by atoms with Crippen molar-refractivity contribution in [1.82, 2.24) is 4.98 Å². The summed E-state index contributed by atoms with van der Waals surface area (Å²) >= 11 is 1.51. The first-order valence-corrected chi connectivity index (χ1v) is 6.31. The molecule has 1 aliphatic rings. The Kier molecular flexibility index (Phi) is 3.63. The zero-order chi connectivity index (χ0) is 12.4. The third-order valence-corrected chi connectivity index (χ3v) is 3.98. The Bertz CT molecular complexity index is 413. The molecular formula is C11H16N2O3S. The minimum Gasteiger partial charge on any atom is -0.464 e. The van der Waals surface area contributed by atoms with Gasteiger partial charge in [0.05, 0.1) is 19.8 Å². The molecule has 0 N–H and O–H groups in total. The van der Waals surface area contributed by atoms with Crippen molar-refractivity contribution in [2.45, 2.75) is 19.4 Å². The number of likely N-dealkylation sites (N-methyl/N-ethyl adjacent to an activating group) is 1. The smallest absolute Gasteiger partial charge is 0.357 e. The molecule has 0 radical (unpaired) electrons. The lowest BCUT2D eigenvalue weighted by Gasteiger charge is -2.21. The van der Waals surface area contributed by atoms with Crippen LogP contribution in [0.15, 0.2) is 0 Å². The molecule has 1 unspecified atom stereocenters. The summed E-state index contributed by atoms with van der Waals surface area (Å²) < 4.78 is 10.0. The van der Waals surface area contributed by atoms with Gasteiger partial charge in [-0.2, -0.15) is 0 Å². The van der Waals surface area contributed by atoms with E-state index in [0.717, 1.165) is 29.6 Å². The summed E-state index contributed by atoms with van der Waals surface area (Å²) in [7, 11) is 3.36. The Morgan fingerprint density at radius 2 is 2.41 bits per heavy atom. The molecule has 0 amide bonds. The first kappa shape index (κ1) is 12.3. The summed E-state index contributed by atoms with van der Waals surface area (Å²) in [6, 6.07) is 0.353. The zero-order valence-electron chi connectivity index (χ0n) is 10.2. The van der Waals surface area contributed by atoms with E-state index in [9.17, 15) is 4.79 Å². The number of aromatic nitrogens is 1. The number of thiazole rings is 1. The number of aryl methyl sites for hydroxylation is 1. The third kappa shape index (κ3) is 2.42. The second-order valence-electron chi connectivity index (χ2n) is 4.02. The van der Waals surface area contributed by atoms with Crippen LogP contribution in [0.5, 0.6) is 0 Å². The van der Waals surface area contributed by atoms with Crippen molar-refractivity contribution in [3.05, 3.63) is 10.6 Å². The molecule has 94 valence electrons. The van der Waals surface area contributed by atoms with Gasteiger partial charge >= 0.3 is 5.97 Å². The molecule has 5 nitrogen and oxygen atoms in total. The summed E-state index contributed by atoms with van der Waals surface area (Å²) in [5.74, 6) is -0.374. The Labute approximate surface area is 104 Å². The van der Waals surface area contributed by atoms with Crippen LogP contribution in [0.25, 0.3) is 0 Å². The molecule has 0 saturated carbocycles. The summed E-state index contributed by atoms with van der Waals surface area (Å²) in [6.07, 6.45) is 1.00. The van der Waals surface area contributed by atoms with Crippen molar-refractivity contribution >= 4 is 22.4 Å². The summed E-state index contributed by atoms with van der Waals surface area (Å²) in [5.41, 5.74) is 0.415. The predicted octanol–water partition coefficient (Wildman–Crippen LogP) is 1.46. The topological polar surface area (TPSA) is 51.7 Å². The van der Waals surface area contributed by atoms with Crippen molar-refractivity contribution < 1.29 is 14.3 Å². The van der Waals surface area contributed by atoms with Gasteiger partial charge in [0.2, 0.25) is 0 Å². The number of rotatable bonds is 3. The Morgan fingerprint density at radius 1 is 1.65 bits per heavy atom. The van der Waals surface area contributed by atoms with E-state index in [1.807, 2.05) is 14.0 Å². The largest absolute Gasteiger partial charge is 0.464 e. The van der Waals surface area contributed by atoms with Crippen LogP contribution in [0.2, 0.25) is 0 Å². The van der Waals surface area contributed by atoms with E-state index in [0.29, 0.717) is 11.7 Å². The SMILES string of the molecule is COC(=O)c1nc(N(C)C2CCOC2)sc1C. The van der Waals surface area contributed by atoms with Crippen LogP contribution in [-0.4, -0.2) is 44.4 Å². The van der Waals surface area contributed by atoms with Crippen molar-refractivity contribution in [3.63, 3.8) is 0 Å². The highest BCUT2D eigenvalue weighted by molar-refractivity contribution is 7.15. The second kappa shape index (κ2) is 5.01. The molecule has 0 spiro atoms. The molecule has 0 aliphatic carbocycles. The monoisotopic (exact) mass is 256 g/mol. The fourth-order valence-electron chi connectivity index (χ4n) is 1.80. The molecule has 1 aromatic rings. The maximum Gasteiger partial charge on any atom is 0.357 e. The van der Waals surface area contributed by atoms with Crippen LogP contribution in [0.4, 0.5) is 5.13 Å². The number of carbonyl (C=O) groups excluding carboxylic acids is 1. The first-order valence-electron chi connectivity index (χ1n) is 5.49. The maximum atomic E-state index is 11.5. The van der Waals surface area contributed by atoms with Crippen molar-refractivity contribution in [1.29, 1.82) is 0 Å². The van der Waals surface area contributed by atoms with Gasteiger partial charge < -0.3 is 14.4 Å². The summed E-state index contributed by atoms with van der Waals surface area (Å²) in [5, 5.41) is 0.846. The van der Waals surface area contributed by atoms with Gasteiger partial charge in [-0.3, -0.25) is 0 Å². The number of anilines is 1. The minimum atomic E-state index is -0.374. The molecule has 6 heteroatoms. The lowest BCUT2D eigenvalue weighted by molar-refractivity contribution is 0.0594. The summed E-state index contributed by atoms with van der Waals surface area (Å²) in [6.45, 7) is 3.40. The third-order valence-electron chi connectivity index (χ3n) is 2.92. The Morgan fingerprint density at radius 3 is 3.00 bits per heavy atom. The molecule has 1 aromatic heterocycles. The molecule has 1 aliphatic heterocycles. The molecule has 0 aromatic carbocycles. The van der Waals surface area contributed by atoms with Gasteiger partial charge in [-0.25, -0.2) is 9.78 Å². The Balaban J connectivity index is 2.18. The van der Waals surface area contributed by atoms with E-state index < -0.39 is 0 Å². The van der Waals surface area contributed by atoms with Crippen LogP contribution in [0.3, 0.4) is 0 Å². The van der Waals surface area contributed by atoms with E-state index in [-0.39, 0.29) is 5.97 Å². The van der Waals surface area contributed by atoms with Gasteiger partial charge in [-0.1, -0.05) is 0 Å². The number of hydrogen-bond donors (Lipinski definition) is 0. The maximum absolute atomic E-state index is 11.5. The molecule has 2 heterocycles. The standard InChI is InChI=1S/C11H16N2O3S/c1-7-9(10(14)15-3)12-11(17-7)13(2)8-4-5-16-6-8/h8H,4-6H2,1-3H3. The predicted molar refractivity (Wildman–Crippen MR) is 65.8 cm³/mol. The van der Waals surface area contributed by atoms with Crippen LogP contribution < -0.4 is 4.90 Å². The van der Waals surface area contributed by atoms with Crippen LogP contribution in [-0.2, 0) is 9.47 Å². The average Bonchev–Trinajstić information content (AvgIpc) is 2.96. The van der Waals surface area contributed by atoms with Crippen LogP contribution in [0.1, 0.15) is 21.8 Å². The van der Waals surface area contributed by atoms with Crippen molar-refractivity contribution in [2.24, 2.45) is 0 Å². The fraction of sp³-hybridized carbons (Fsp3) is 0.636. The van der Waals surface area contributed by atoms with Gasteiger partial charge in [0, 0.05) is 18.5 Å². The lowest BCUT2D eigenvalue weighted by Crippen LogP contribution is -2.31. The quantitative estimate of drug-likeness (QED) is 0.766. The van der Waals surface area contributed by atoms with Gasteiger partial charge in [0.15, 0.2) is 10.8 Å². The van der Waals surface area contributed by atoms with E-state index >= 15 is 0 Å². The van der Waals surface area contributed by atoms with E-state index in [4.69, 9.17) is 9.47 Å². The zero-order valence-corrected chi connectivity index (χ0v) is 11.0. The lowest BCUT2D eigenvalue weighted by atomic mass is 10.2. The average molecular weight is 256 g/mol.